The minimum absolute atomic E-state index is 0.0319. The van der Waals surface area contributed by atoms with Crippen LogP contribution >= 0.6 is 0 Å². The molecule has 3 heteroatoms. The second-order valence-electron chi connectivity index (χ2n) is 5.08. The molecule has 2 unspecified atom stereocenters. The van der Waals surface area contributed by atoms with Crippen LogP contribution < -0.4 is 15.4 Å². The molecule has 0 aliphatic carbocycles. The summed E-state index contributed by atoms with van der Waals surface area (Å²) >= 11 is 0. The lowest BCUT2D eigenvalue weighted by atomic mass is 10.0. The van der Waals surface area contributed by atoms with Gasteiger partial charge in [0.1, 0.15) is 5.75 Å². The monoisotopic (exact) mass is 250 g/mol. The summed E-state index contributed by atoms with van der Waals surface area (Å²) in [5.74, 6) is 1.54. The Hall–Kier alpha value is -1.22. The van der Waals surface area contributed by atoms with Crippen molar-refractivity contribution in [3.05, 3.63) is 23.8 Å². The van der Waals surface area contributed by atoms with E-state index in [-0.39, 0.29) is 6.04 Å². The fourth-order valence-corrected chi connectivity index (χ4v) is 2.20. The lowest BCUT2D eigenvalue weighted by Crippen LogP contribution is -2.26. The molecular formula is C15H26N2O. The van der Waals surface area contributed by atoms with Crippen LogP contribution in [0.25, 0.3) is 0 Å². The van der Waals surface area contributed by atoms with Gasteiger partial charge in [-0.2, -0.15) is 0 Å². The molecule has 0 heterocycles. The minimum atomic E-state index is -0.0319. The molecule has 1 rings (SSSR count). The van der Waals surface area contributed by atoms with Crippen molar-refractivity contribution in [3.63, 3.8) is 0 Å². The van der Waals surface area contributed by atoms with E-state index in [1.807, 2.05) is 19.1 Å². The van der Waals surface area contributed by atoms with E-state index >= 15 is 0 Å². The highest BCUT2D eigenvalue weighted by Crippen LogP contribution is 2.33. The van der Waals surface area contributed by atoms with Crippen LogP contribution in [0, 0.1) is 5.92 Å². The predicted octanol–water partition coefficient (Wildman–Crippen LogP) is 3.20. The summed E-state index contributed by atoms with van der Waals surface area (Å²) < 4.78 is 5.42. The summed E-state index contributed by atoms with van der Waals surface area (Å²) in [6, 6.07) is 6.08. The van der Waals surface area contributed by atoms with Gasteiger partial charge in [0.15, 0.2) is 0 Å². The average molecular weight is 250 g/mol. The lowest BCUT2D eigenvalue weighted by Gasteiger charge is -2.27. The third kappa shape index (κ3) is 3.39. The molecule has 1 aromatic carbocycles. The Bertz CT molecular complexity index is 377. The third-order valence-electron chi connectivity index (χ3n) is 3.41. The average Bonchev–Trinajstić information content (AvgIpc) is 2.37. The molecule has 2 N–H and O–H groups in total. The quantitative estimate of drug-likeness (QED) is 0.842. The van der Waals surface area contributed by atoms with Crippen LogP contribution in [-0.2, 0) is 0 Å². The zero-order valence-corrected chi connectivity index (χ0v) is 12.2. The van der Waals surface area contributed by atoms with E-state index in [1.54, 1.807) is 7.11 Å². The van der Waals surface area contributed by atoms with Gasteiger partial charge in [-0.15, -0.1) is 0 Å². The van der Waals surface area contributed by atoms with E-state index in [2.05, 4.69) is 31.9 Å². The van der Waals surface area contributed by atoms with Crippen molar-refractivity contribution in [1.29, 1.82) is 0 Å². The number of nitrogens with two attached hydrogens (primary N) is 1. The lowest BCUT2D eigenvalue weighted by molar-refractivity contribution is 0.407. The maximum absolute atomic E-state index is 6.09. The number of hydrogen-bond acceptors (Lipinski definition) is 3. The molecule has 0 bridgehead atoms. The number of anilines is 1. The summed E-state index contributed by atoms with van der Waals surface area (Å²) in [5, 5.41) is 0. The van der Waals surface area contributed by atoms with Crippen molar-refractivity contribution in [2.45, 2.75) is 33.2 Å². The Labute approximate surface area is 111 Å². The van der Waals surface area contributed by atoms with Gasteiger partial charge < -0.3 is 15.4 Å². The fraction of sp³-hybridized carbons (Fsp3) is 0.600. The first-order valence-corrected chi connectivity index (χ1v) is 6.64. The van der Waals surface area contributed by atoms with Crippen LogP contribution in [0.1, 0.15) is 38.8 Å². The first-order valence-electron chi connectivity index (χ1n) is 6.64. The Morgan fingerprint density at radius 1 is 1.33 bits per heavy atom. The van der Waals surface area contributed by atoms with Gasteiger partial charge in [-0.25, -0.2) is 0 Å². The Kier molecular flexibility index (Phi) is 5.48. The van der Waals surface area contributed by atoms with Crippen molar-refractivity contribution in [1.82, 2.24) is 0 Å². The molecule has 18 heavy (non-hydrogen) atoms. The van der Waals surface area contributed by atoms with Crippen LogP contribution in [0.4, 0.5) is 5.69 Å². The highest BCUT2D eigenvalue weighted by Gasteiger charge is 2.16. The molecule has 0 saturated heterocycles. The zero-order chi connectivity index (χ0) is 13.7. The topological polar surface area (TPSA) is 38.5 Å². The first kappa shape index (κ1) is 14.8. The molecular weight excluding hydrogens is 224 g/mol. The molecule has 2 atom stereocenters. The molecule has 0 radical (unpaired) electrons. The molecule has 0 aliphatic heterocycles. The summed E-state index contributed by atoms with van der Waals surface area (Å²) in [6.45, 7) is 7.51. The number of rotatable bonds is 6. The zero-order valence-electron chi connectivity index (χ0n) is 12.2. The van der Waals surface area contributed by atoms with Crippen LogP contribution in [0.2, 0.25) is 0 Å². The molecule has 3 nitrogen and oxygen atoms in total. The second-order valence-corrected chi connectivity index (χ2v) is 5.08. The van der Waals surface area contributed by atoms with Crippen molar-refractivity contribution < 1.29 is 4.74 Å². The molecule has 0 fully saturated rings. The summed E-state index contributed by atoms with van der Waals surface area (Å²) in [7, 11) is 3.81. The maximum Gasteiger partial charge on any atom is 0.125 e. The predicted molar refractivity (Wildman–Crippen MR) is 78.3 cm³/mol. The van der Waals surface area contributed by atoms with Crippen molar-refractivity contribution >= 4 is 5.69 Å². The molecule has 0 amide bonds. The van der Waals surface area contributed by atoms with Crippen LogP contribution in [-0.4, -0.2) is 20.7 Å². The van der Waals surface area contributed by atoms with E-state index in [1.165, 1.54) is 12.1 Å². The summed E-state index contributed by atoms with van der Waals surface area (Å²) in [4.78, 5) is 2.27. The number of hydrogen-bond donors (Lipinski definition) is 1. The number of nitrogens with zero attached hydrogens (tertiary/aromatic N) is 1. The van der Waals surface area contributed by atoms with Crippen LogP contribution in [0.5, 0.6) is 5.75 Å². The number of benzene rings is 1. The van der Waals surface area contributed by atoms with E-state index in [4.69, 9.17) is 10.5 Å². The highest BCUT2D eigenvalue weighted by molar-refractivity contribution is 5.60. The molecule has 1 aromatic rings. The number of ether oxygens (including phenoxy) is 1. The molecule has 0 spiro atoms. The van der Waals surface area contributed by atoms with Gasteiger partial charge in [0, 0.05) is 30.9 Å². The van der Waals surface area contributed by atoms with Gasteiger partial charge in [0.2, 0.25) is 0 Å². The van der Waals surface area contributed by atoms with Crippen molar-refractivity contribution in [2.24, 2.45) is 11.7 Å². The van der Waals surface area contributed by atoms with Gasteiger partial charge >= 0.3 is 0 Å². The Morgan fingerprint density at radius 3 is 2.50 bits per heavy atom. The summed E-state index contributed by atoms with van der Waals surface area (Å²) in [5.41, 5.74) is 8.35. The Morgan fingerprint density at radius 2 is 2.00 bits per heavy atom. The first-order chi connectivity index (χ1) is 8.51. The Balaban J connectivity index is 3.07. The molecule has 0 aromatic heterocycles. The smallest absolute Gasteiger partial charge is 0.125 e. The fourth-order valence-electron chi connectivity index (χ4n) is 2.20. The molecule has 0 aliphatic rings. The molecule has 0 saturated carbocycles. The molecule has 102 valence electrons. The minimum Gasteiger partial charge on any atom is -0.496 e. The van der Waals surface area contributed by atoms with Gasteiger partial charge in [-0.1, -0.05) is 26.3 Å². The standard InChI is InChI=1S/C15H26N2O/c1-6-11(2)10-17(4)13-8-7-9-14(18-5)15(13)12(3)16/h7-9,11-12H,6,10,16H2,1-5H3. The van der Waals surface area contributed by atoms with E-state index in [0.29, 0.717) is 5.92 Å². The normalized spacial score (nSPS) is 14.1. The second kappa shape index (κ2) is 6.64. The SMILES string of the molecule is CCC(C)CN(C)c1cccc(OC)c1C(C)N. The van der Waals surface area contributed by atoms with E-state index in [9.17, 15) is 0 Å². The van der Waals surface area contributed by atoms with Gasteiger partial charge in [0.25, 0.3) is 0 Å². The van der Waals surface area contributed by atoms with E-state index < -0.39 is 0 Å². The van der Waals surface area contributed by atoms with Gasteiger partial charge in [-0.3, -0.25) is 0 Å². The number of methoxy groups -OCH3 is 1. The van der Waals surface area contributed by atoms with Crippen LogP contribution in [0.3, 0.4) is 0 Å². The maximum atomic E-state index is 6.09. The van der Waals surface area contributed by atoms with Crippen molar-refractivity contribution in [3.8, 4) is 5.75 Å². The van der Waals surface area contributed by atoms with Gasteiger partial charge in [-0.05, 0) is 25.0 Å². The van der Waals surface area contributed by atoms with Crippen LogP contribution in [0.15, 0.2) is 18.2 Å². The van der Waals surface area contributed by atoms with E-state index in [0.717, 1.165) is 17.9 Å². The largest absolute Gasteiger partial charge is 0.496 e. The highest BCUT2D eigenvalue weighted by atomic mass is 16.5. The summed E-state index contributed by atoms with van der Waals surface area (Å²) in [6.07, 6.45) is 1.18. The van der Waals surface area contributed by atoms with Crippen molar-refractivity contribution in [2.75, 3.05) is 25.6 Å². The van der Waals surface area contributed by atoms with Gasteiger partial charge in [0.05, 0.1) is 7.11 Å². The third-order valence-corrected chi connectivity index (χ3v) is 3.41.